The topological polar surface area (TPSA) is 50.2 Å². The number of hydrogen-bond acceptors (Lipinski definition) is 3. The lowest BCUT2D eigenvalue weighted by molar-refractivity contribution is -0.124. The number of amides is 1. The molecule has 0 radical (unpaired) electrons. The quantitative estimate of drug-likeness (QED) is 0.447. The first-order valence-electron chi connectivity index (χ1n) is 11.8. The van der Waals surface area contributed by atoms with Gasteiger partial charge in [0.1, 0.15) is 11.7 Å². The first-order valence-corrected chi connectivity index (χ1v) is 12.2. The van der Waals surface area contributed by atoms with E-state index in [1.165, 1.54) is 32.2 Å². The summed E-state index contributed by atoms with van der Waals surface area (Å²) in [4.78, 5) is 15.6. The lowest BCUT2D eigenvalue weighted by Crippen LogP contribution is -2.41. The van der Waals surface area contributed by atoms with Crippen molar-refractivity contribution in [3.63, 3.8) is 0 Å². The highest BCUT2D eigenvalue weighted by Crippen LogP contribution is 2.31. The molecule has 0 bridgehead atoms. The molecule has 6 heteroatoms. The molecule has 0 aliphatic carbocycles. The predicted molar refractivity (Wildman–Crippen MR) is 132 cm³/mol. The summed E-state index contributed by atoms with van der Waals surface area (Å²) < 4.78 is 1.82. The molecule has 1 amide bonds. The molecule has 1 saturated heterocycles. The van der Waals surface area contributed by atoms with Crippen LogP contribution >= 0.6 is 11.6 Å². The van der Waals surface area contributed by atoms with Crippen LogP contribution in [0.5, 0.6) is 0 Å². The molecule has 0 unspecified atom stereocenters. The average molecular weight is 453 g/mol. The molecule has 3 aromatic rings. The molecular formula is C26H33ClN4O. The van der Waals surface area contributed by atoms with Gasteiger partial charge in [-0.05, 0) is 57.4 Å². The lowest BCUT2D eigenvalue weighted by Gasteiger charge is -2.35. The predicted octanol–water partition coefficient (Wildman–Crippen LogP) is 5.69. The summed E-state index contributed by atoms with van der Waals surface area (Å²) in [7, 11) is 0. The minimum absolute atomic E-state index is 0.00496. The molecule has 4 rings (SSSR count). The van der Waals surface area contributed by atoms with Gasteiger partial charge in [0.25, 0.3) is 0 Å². The molecule has 170 valence electrons. The van der Waals surface area contributed by atoms with Crippen LogP contribution in [0.4, 0.5) is 0 Å². The number of benzene rings is 2. The van der Waals surface area contributed by atoms with Crippen molar-refractivity contribution in [3.8, 4) is 11.3 Å². The lowest BCUT2D eigenvalue weighted by atomic mass is 10.00. The number of aromatic nitrogens is 2. The van der Waals surface area contributed by atoms with Crippen molar-refractivity contribution >= 4 is 28.4 Å². The maximum Gasteiger partial charge on any atom is 0.244 e. The first-order chi connectivity index (χ1) is 15.6. The number of rotatable bonds is 8. The third-order valence-corrected chi connectivity index (χ3v) is 6.84. The third kappa shape index (κ3) is 5.00. The molecular weight excluding hydrogens is 420 g/mol. The summed E-state index contributed by atoms with van der Waals surface area (Å²) in [5.74, 6) is -0.00496. The highest BCUT2D eigenvalue weighted by atomic mass is 35.5. The molecule has 1 aliphatic heterocycles. The SMILES string of the molecule is CC[C@H]1CCCCN1CCCNC(=O)[C@H](C)n1nc(-c2ccccc2)c2cc(Cl)ccc21. The summed E-state index contributed by atoms with van der Waals surface area (Å²) in [6.45, 7) is 7.11. The Morgan fingerprint density at radius 3 is 2.81 bits per heavy atom. The summed E-state index contributed by atoms with van der Waals surface area (Å²) in [5, 5.41) is 9.58. The fourth-order valence-electron chi connectivity index (χ4n) is 4.79. The van der Waals surface area contributed by atoms with E-state index in [4.69, 9.17) is 16.7 Å². The Labute approximate surface area is 195 Å². The fourth-order valence-corrected chi connectivity index (χ4v) is 4.96. The van der Waals surface area contributed by atoms with Gasteiger partial charge in [0, 0.05) is 35.1 Å². The Balaban J connectivity index is 1.44. The maximum atomic E-state index is 13.0. The molecule has 1 N–H and O–H groups in total. The molecule has 0 saturated carbocycles. The van der Waals surface area contributed by atoms with Crippen molar-refractivity contribution in [2.24, 2.45) is 0 Å². The Morgan fingerprint density at radius 1 is 1.22 bits per heavy atom. The Morgan fingerprint density at radius 2 is 2.03 bits per heavy atom. The molecule has 1 aromatic heterocycles. The fraction of sp³-hybridized carbons (Fsp3) is 0.462. The smallest absolute Gasteiger partial charge is 0.244 e. The molecule has 5 nitrogen and oxygen atoms in total. The average Bonchev–Trinajstić information content (AvgIpc) is 3.20. The van der Waals surface area contributed by atoms with Crippen molar-refractivity contribution in [1.29, 1.82) is 0 Å². The van der Waals surface area contributed by atoms with Crippen molar-refractivity contribution < 1.29 is 4.79 Å². The number of carbonyl (C=O) groups excluding carboxylic acids is 1. The highest BCUT2D eigenvalue weighted by Gasteiger charge is 2.22. The minimum Gasteiger partial charge on any atom is -0.354 e. The summed E-state index contributed by atoms with van der Waals surface area (Å²) in [6, 6.07) is 16.1. The van der Waals surface area contributed by atoms with E-state index in [-0.39, 0.29) is 5.91 Å². The van der Waals surface area contributed by atoms with Gasteiger partial charge in [0.2, 0.25) is 5.91 Å². The van der Waals surface area contributed by atoms with E-state index < -0.39 is 6.04 Å². The van der Waals surface area contributed by atoms with Crippen LogP contribution in [-0.2, 0) is 4.79 Å². The molecule has 2 aromatic carbocycles. The number of piperidine rings is 1. The number of nitrogens with one attached hydrogen (secondary N) is 1. The molecule has 2 atom stereocenters. The van der Waals surface area contributed by atoms with E-state index in [0.29, 0.717) is 17.6 Å². The minimum atomic E-state index is -0.408. The molecule has 1 aliphatic rings. The molecule has 2 heterocycles. The number of hydrogen-bond donors (Lipinski definition) is 1. The van der Waals surface area contributed by atoms with Crippen LogP contribution in [-0.4, -0.2) is 46.3 Å². The van der Waals surface area contributed by atoms with Crippen LogP contribution in [0.1, 0.15) is 52.0 Å². The zero-order valence-corrected chi connectivity index (χ0v) is 19.8. The second-order valence-electron chi connectivity index (χ2n) is 8.74. The van der Waals surface area contributed by atoms with E-state index in [9.17, 15) is 4.79 Å². The van der Waals surface area contributed by atoms with E-state index in [2.05, 4.69) is 17.1 Å². The molecule has 1 fully saturated rings. The second-order valence-corrected chi connectivity index (χ2v) is 9.17. The van der Waals surface area contributed by atoms with E-state index >= 15 is 0 Å². The van der Waals surface area contributed by atoms with Gasteiger partial charge in [-0.1, -0.05) is 55.3 Å². The standard InChI is InChI=1S/C26H33ClN4O/c1-3-22-12-7-8-16-30(22)17-9-15-28-26(32)19(2)31-24-14-13-21(27)18-23(24)25(29-31)20-10-5-4-6-11-20/h4-6,10-11,13-14,18-19,22H,3,7-9,12,15-17H2,1-2H3,(H,28,32)/t19-,22-/m0/s1. The largest absolute Gasteiger partial charge is 0.354 e. The van der Waals surface area contributed by atoms with Gasteiger partial charge < -0.3 is 10.2 Å². The van der Waals surface area contributed by atoms with Crippen molar-refractivity contribution in [1.82, 2.24) is 20.0 Å². The maximum absolute atomic E-state index is 13.0. The van der Waals surface area contributed by atoms with Gasteiger partial charge in [0.15, 0.2) is 0 Å². The number of halogens is 1. The molecule has 32 heavy (non-hydrogen) atoms. The van der Waals surface area contributed by atoms with E-state index in [1.807, 2.05) is 60.1 Å². The van der Waals surface area contributed by atoms with Crippen LogP contribution in [0.15, 0.2) is 48.5 Å². The third-order valence-electron chi connectivity index (χ3n) is 6.60. The van der Waals surface area contributed by atoms with Crippen LogP contribution < -0.4 is 5.32 Å². The second kappa shape index (κ2) is 10.5. The van der Waals surface area contributed by atoms with Gasteiger partial charge in [-0.25, -0.2) is 0 Å². The Kier molecular flexibility index (Phi) is 7.48. The normalized spacial score (nSPS) is 18.0. The first kappa shape index (κ1) is 22.8. The van der Waals surface area contributed by atoms with E-state index in [1.54, 1.807) is 0 Å². The summed E-state index contributed by atoms with van der Waals surface area (Å²) in [5.41, 5.74) is 2.77. The summed E-state index contributed by atoms with van der Waals surface area (Å²) >= 11 is 6.28. The van der Waals surface area contributed by atoms with E-state index in [0.717, 1.165) is 35.1 Å². The molecule has 0 spiro atoms. The van der Waals surface area contributed by atoms with Gasteiger partial charge in [0.05, 0.1) is 5.52 Å². The van der Waals surface area contributed by atoms with Gasteiger partial charge in [-0.2, -0.15) is 5.10 Å². The number of fused-ring (bicyclic) bond motifs is 1. The Bertz CT molecular complexity index is 1050. The Hall–Kier alpha value is -2.37. The van der Waals surface area contributed by atoms with Crippen molar-refractivity contribution in [2.45, 2.75) is 58.0 Å². The summed E-state index contributed by atoms with van der Waals surface area (Å²) in [6.07, 6.45) is 6.13. The zero-order chi connectivity index (χ0) is 22.5. The van der Waals surface area contributed by atoms with Gasteiger partial charge >= 0.3 is 0 Å². The van der Waals surface area contributed by atoms with Crippen LogP contribution in [0.25, 0.3) is 22.2 Å². The van der Waals surface area contributed by atoms with Crippen molar-refractivity contribution in [3.05, 3.63) is 53.6 Å². The number of nitrogens with zero attached hydrogens (tertiary/aromatic N) is 3. The number of carbonyl (C=O) groups is 1. The monoisotopic (exact) mass is 452 g/mol. The highest BCUT2D eigenvalue weighted by molar-refractivity contribution is 6.31. The van der Waals surface area contributed by atoms with Gasteiger partial charge in [-0.3, -0.25) is 9.48 Å². The van der Waals surface area contributed by atoms with Crippen LogP contribution in [0, 0.1) is 0 Å². The van der Waals surface area contributed by atoms with Gasteiger partial charge in [-0.15, -0.1) is 0 Å². The number of likely N-dealkylation sites (tertiary alicyclic amines) is 1. The van der Waals surface area contributed by atoms with Crippen molar-refractivity contribution in [2.75, 3.05) is 19.6 Å². The van der Waals surface area contributed by atoms with Crippen LogP contribution in [0.2, 0.25) is 5.02 Å². The van der Waals surface area contributed by atoms with Crippen LogP contribution in [0.3, 0.4) is 0 Å². The zero-order valence-electron chi connectivity index (χ0n) is 19.1.